The molecule has 0 spiro atoms. The average molecular weight is 246 g/mol. The van der Waals surface area contributed by atoms with E-state index in [-0.39, 0.29) is 12.3 Å². The second kappa shape index (κ2) is 5.79. The zero-order valence-electron chi connectivity index (χ0n) is 8.63. The van der Waals surface area contributed by atoms with E-state index in [1.807, 2.05) is 0 Å². The highest BCUT2D eigenvalue weighted by atomic mass is 35.5. The molecule has 1 aromatic rings. The van der Waals surface area contributed by atoms with Crippen molar-refractivity contribution in [2.24, 2.45) is 0 Å². The molecule has 88 valence electrons. The van der Waals surface area contributed by atoms with Gasteiger partial charge in [0, 0.05) is 6.20 Å². The third kappa shape index (κ3) is 3.16. The van der Waals surface area contributed by atoms with Crippen molar-refractivity contribution in [3.63, 3.8) is 0 Å². The molecule has 2 N–H and O–H groups in total. The molecule has 16 heavy (non-hydrogen) atoms. The Bertz CT molecular complexity index is 354. The molecule has 1 aromatic heterocycles. The highest BCUT2D eigenvalue weighted by molar-refractivity contribution is 6.30. The fraction of sp³-hybridized carbons (Fsp3) is 0.400. The number of ether oxygens (including phenoxy) is 1. The number of hydrogen-bond donors (Lipinski definition) is 2. The monoisotopic (exact) mass is 245 g/mol. The van der Waals surface area contributed by atoms with E-state index < -0.39 is 18.2 Å². The summed E-state index contributed by atoms with van der Waals surface area (Å²) in [5.74, 6) is -0.883. The maximum atomic E-state index is 11.1. The molecular weight excluding hydrogens is 234 g/mol. The van der Waals surface area contributed by atoms with Crippen molar-refractivity contribution < 1.29 is 19.7 Å². The summed E-state index contributed by atoms with van der Waals surface area (Å²) in [5, 5.41) is 19.5. The normalized spacial score (nSPS) is 14.2. The largest absolute Gasteiger partial charge is 0.464 e. The van der Waals surface area contributed by atoms with Gasteiger partial charge in [0.15, 0.2) is 6.10 Å². The van der Waals surface area contributed by atoms with Crippen molar-refractivity contribution >= 4 is 17.6 Å². The van der Waals surface area contributed by atoms with Gasteiger partial charge in [0.05, 0.1) is 17.3 Å². The molecule has 0 amide bonds. The molecule has 0 aromatic carbocycles. The predicted molar refractivity (Wildman–Crippen MR) is 56.8 cm³/mol. The number of pyridine rings is 1. The van der Waals surface area contributed by atoms with Gasteiger partial charge in [-0.1, -0.05) is 11.6 Å². The number of aliphatic hydroxyl groups excluding tert-OH is 2. The summed E-state index contributed by atoms with van der Waals surface area (Å²) in [6.07, 6.45) is -1.75. The first-order valence-electron chi connectivity index (χ1n) is 4.70. The van der Waals surface area contributed by atoms with E-state index >= 15 is 0 Å². The SMILES string of the molecule is CCOC(=O)C(O)C(O)c1ccc(Cl)cn1. The lowest BCUT2D eigenvalue weighted by atomic mass is 10.1. The van der Waals surface area contributed by atoms with E-state index in [2.05, 4.69) is 9.72 Å². The van der Waals surface area contributed by atoms with Crippen LogP contribution in [0.25, 0.3) is 0 Å². The van der Waals surface area contributed by atoms with Gasteiger partial charge in [0.1, 0.15) is 6.10 Å². The molecule has 2 unspecified atom stereocenters. The molecule has 0 fully saturated rings. The zero-order chi connectivity index (χ0) is 12.1. The highest BCUT2D eigenvalue weighted by Gasteiger charge is 2.27. The molecule has 0 aliphatic rings. The second-order valence-corrected chi connectivity index (χ2v) is 3.48. The molecule has 6 heteroatoms. The van der Waals surface area contributed by atoms with Crippen molar-refractivity contribution in [2.75, 3.05) is 6.61 Å². The number of carbonyl (C=O) groups is 1. The molecule has 0 radical (unpaired) electrons. The first-order valence-corrected chi connectivity index (χ1v) is 5.08. The van der Waals surface area contributed by atoms with Crippen molar-refractivity contribution in [3.05, 3.63) is 29.0 Å². The summed E-state index contributed by atoms with van der Waals surface area (Å²) in [6, 6.07) is 2.93. The number of halogens is 1. The number of hydrogen-bond acceptors (Lipinski definition) is 5. The third-order valence-corrected chi connectivity index (χ3v) is 2.10. The summed E-state index contributed by atoms with van der Waals surface area (Å²) < 4.78 is 4.57. The number of rotatable bonds is 4. The standard InChI is InChI=1S/C10H12ClNO4/c1-2-16-10(15)9(14)8(13)7-4-3-6(11)5-12-7/h3-5,8-9,13-14H,2H2,1H3. The van der Waals surface area contributed by atoms with E-state index in [4.69, 9.17) is 11.6 Å². The van der Waals surface area contributed by atoms with Crippen molar-refractivity contribution in [1.82, 2.24) is 4.98 Å². The molecule has 0 aliphatic heterocycles. The summed E-state index contributed by atoms with van der Waals surface area (Å²) in [6.45, 7) is 1.74. The van der Waals surface area contributed by atoms with Gasteiger partial charge in [0.2, 0.25) is 0 Å². The molecule has 0 saturated carbocycles. The fourth-order valence-corrected chi connectivity index (χ4v) is 1.19. The maximum Gasteiger partial charge on any atom is 0.338 e. The molecule has 1 heterocycles. The fourth-order valence-electron chi connectivity index (χ4n) is 1.08. The van der Waals surface area contributed by atoms with Gasteiger partial charge in [-0.15, -0.1) is 0 Å². The molecule has 2 atom stereocenters. The molecule has 0 saturated heterocycles. The third-order valence-electron chi connectivity index (χ3n) is 1.88. The Hall–Kier alpha value is -1.17. The number of nitrogens with zero attached hydrogens (tertiary/aromatic N) is 1. The Morgan fingerprint density at radius 1 is 1.56 bits per heavy atom. The van der Waals surface area contributed by atoms with E-state index in [1.54, 1.807) is 6.92 Å². The first kappa shape index (κ1) is 12.9. The van der Waals surface area contributed by atoms with E-state index in [0.29, 0.717) is 5.02 Å². The van der Waals surface area contributed by atoms with Crippen molar-refractivity contribution in [3.8, 4) is 0 Å². The Balaban J connectivity index is 2.73. The topological polar surface area (TPSA) is 79.7 Å². The van der Waals surface area contributed by atoms with E-state index in [1.165, 1.54) is 18.3 Å². The summed E-state index contributed by atoms with van der Waals surface area (Å²) in [5.41, 5.74) is 0.157. The van der Waals surface area contributed by atoms with Crippen molar-refractivity contribution in [2.45, 2.75) is 19.1 Å². The van der Waals surface area contributed by atoms with Crippen molar-refractivity contribution in [1.29, 1.82) is 0 Å². The number of aromatic nitrogens is 1. The van der Waals surface area contributed by atoms with Crippen LogP contribution in [0.1, 0.15) is 18.7 Å². The predicted octanol–water partition coefficient (Wildman–Crippen LogP) is 0.692. The smallest absolute Gasteiger partial charge is 0.338 e. The van der Waals surface area contributed by atoms with Gasteiger partial charge in [-0.3, -0.25) is 4.98 Å². The second-order valence-electron chi connectivity index (χ2n) is 3.04. The molecule has 1 rings (SSSR count). The quantitative estimate of drug-likeness (QED) is 0.763. The number of carbonyl (C=O) groups excluding carboxylic acids is 1. The molecule has 5 nitrogen and oxygen atoms in total. The first-order chi connectivity index (χ1) is 7.56. The van der Waals surface area contributed by atoms with Crippen LogP contribution in [0.4, 0.5) is 0 Å². The van der Waals surface area contributed by atoms with Crippen LogP contribution in [-0.4, -0.2) is 33.9 Å². The van der Waals surface area contributed by atoms with Crippen LogP contribution in [0.3, 0.4) is 0 Å². The van der Waals surface area contributed by atoms with Gasteiger partial charge in [-0.25, -0.2) is 4.79 Å². The lowest BCUT2D eigenvalue weighted by molar-refractivity contribution is -0.159. The lowest BCUT2D eigenvalue weighted by Gasteiger charge is -2.15. The Kier molecular flexibility index (Phi) is 4.67. The summed E-state index contributed by atoms with van der Waals surface area (Å²) in [4.78, 5) is 14.9. The number of aliphatic hydroxyl groups is 2. The molecule has 0 bridgehead atoms. The van der Waals surface area contributed by atoms with Crippen LogP contribution in [0.2, 0.25) is 5.02 Å². The lowest BCUT2D eigenvalue weighted by Crippen LogP contribution is -2.30. The van der Waals surface area contributed by atoms with Gasteiger partial charge in [0.25, 0.3) is 0 Å². The minimum absolute atomic E-state index is 0.136. The van der Waals surface area contributed by atoms with Gasteiger partial charge in [-0.05, 0) is 19.1 Å². The van der Waals surface area contributed by atoms with E-state index in [0.717, 1.165) is 0 Å². The van der Waals surface area contributed by atoms with E-state index in [9.17, 15) is 15.0 Å². The summed E-state index contributed by atoms with van der Waals surface area (Å²) >= 11 is 5.61. The summed E-state index contributed by atoms with van der Waals surface area (Å²) in [7, 11) is 0. The number of esters is 1. The van der Waals surface area contributed by atoms with Crippen LogP contribution in [0.5, 0.6) is 0 Å². The Labute approximate surface area is 97.6 Å². The maximum absolute atomic E-state index is 11.1. The Morgan fingerprint density at radius 2 is 2.25 bits per heavy atom. The van der Waals surface area contributed by atoms with Gasteiger partial charge < -0.3 is 14.9 Å². The molecule has 0 aliphatic carbocycles. The zero-order valence-corrected chi connectivity index (χ0v) is 9.39. The van der Waals surface area contributed by atoms with Crippen LogP contribution in [0.15, 0.2) is 18.3 Å². The minimum Gasteiger partial charge on any atom is -0.464 e. The highest BCUT2D eigenvalue weighted by Crippen LogP contribution is 2.17. The van der Waals surface area contributed by atoms with Gasteiger partial charge in [-0.2, -0.15) is 0 Å². The van der Waals surface area contributed by atoms with Crippen LogP contribution in [0, 0.1) is 0 Å². The molecular formula is C10H12ClNO4. The van der Waals surface area contributed by atoms with Crippen LogP contribution >= 0.6 is 11.6 Å². The van der Waals surface area contributed by atoms with Crippen LogP contribution < -0.4 is 0 Å². The minimum atomic E-state index is -1.64. The van der Waals surface area contributed by atoms with Gasteiger partial charge >= 0.3 is 5.97 Å². The van der Waals surface area contributed by atoms with Crippen LogP contribution in [-0.2, 0) is 9.53 Å². The Morgan fingerprint density at radius 3 is 2.75 bits per heavy atom. The average Bonchev–Trinajstić information content (AvgIpc) is 2.28.